The van der Waals surface area contributed by atoms with Crippen LogP contribution in [0.2, 0.25) is 0 Å². The van der Waals surface area contributed by atoms with Gasteiger partial charge in [0.1, 0.15) is 0 Å². The Balaban J connectivity index is 2.16. The first-order valence-electron chi connectivity index (χ1n) is 5.08. The molecule has 1 amide bonds. The highest BCUT2D eigenvalue weighted by Crippen LogP contribution is 2.05. The van der Waals surface area contributed by atoms with Crippen LogP contribution in [0, 0.1) is 0 Å². The summed E-state index contributed by atoms with van der Waals surface area (Å²) in [6.07, 6.45) is 0.195. The normalized spacial score (nSPS) is 25.6. The predicted octanol–water partition coefficient (Wildman–Crippen LogP) is -2.50. The number of primary sulfonamides is 1. The third-order valence-electron chi connectivity index (χ3n) is 2.33. The van der Waals surface area contributed by atoms with Gasteiger partial charge in [-0.2, -0.15) is 0 Å². The van der Waals surface area contributed by atoms with E-state index in [1.54, 1.807) is 0 Å². The van der Waals surface area contributed by atoms with Crippen molar-refractivity contribution in [3.8, 4) is 0 Å². The van der Waals surface area contributed by atoms with E-state index in [4.69, 9.17) is 5.14 Å². The van der Waals surface area contributed by atoms with Gasteiger partial charge in [-0.15, -0.1) is 0 Å². The van der Waals surface area contributed by atoms with E-state index in [9.17, 15) is 18.3 Å². The van der Waals surface area contributed by atoms with Gasteiger partial charge in [0.2, 0.25) is 15.9 Å². The Morgan fingerprint density at radius 3 is 2.75 bits per heavy atom. The molecule has 0 aliphatic carbocycles. The number of rotatable bonds is 5. The molecule has 16 heavy (non-hydrogen) atoms. The molecule has 0 spiro atoms. The van der Waals surface area contributed by atoms with Crippen LogP contribution in [0.3, 0.4) is 0 Å². The zero-order chi connectivity index (χ0) is 12.2. The maximum absolute atomic E-state index is 11.4. The lowest BCUT2D eigenvalue weighted by Crippen LogP contribution is -2.41. The van der Waals surface area contributed by atoms with Crippen molar-refractivity contribution >= 4 is 15.9 Å². The Hall–Kier alpha value is -0.700. The summed E-state index contributed by atoms with van der Waals surface area (Å²) in [5.74, 6) is -0.362. The van der Waals surface area contributed by atoms with Crippen LogP contribution in [-0.4, -0.2) is 50.4 Å². The van der Waals surface area contributed by atoms with Gasteiger partial charge in [0.15, 0.2) is 0 Å². The Labute approximate surface area is 94.4 Å². The first-order valence-corrected chi connectivity index (χ1v) is 6.79. The molecule has 0 aromatic rings. The van der Waals surface area contributed by atoms with Crippen molar-refractivity contribution in [1.82, 2.24) is 10.6 Å². The highest BCUT2D eigenvalue weighted by molar-refractivity contribution is 7.89. The summed E-state index contributed by atoms with van der Waals surface area (Å²) in [6, 6.07) is -0.385. The minimum Gasteiger partial charge on any atom is -0.392 e. The van der Waals surface area contributed by atoms with Crippen LogP contribution in [0.1, 0.15) is 12.8 Å². The number of aliphatic hydroxyl groups is 1. The van der Waals surface area contributed by atoms with E-state index < -0.39 is 16.1 Å². The first kappa shape index (κ1) is 13.4. The molecule has 1 fully saturated rings. The highest BCUT2D eigenvalue weighted by atomic mass is 32.2. The molecule has 8 heteroatoms. The summed E-state index contributed by atoms with van der Waals surface area (Å²) in [5.41, 5.74) is 0. The summed E-state index contributed by atoms with van der Waals surface area (Å²) in [4.78, 5) is 11.4. The van der Waals surface area contributed by atoms with Gasteiger partial charge >= 0.3 is 0 Å². The summed E-state index contributed by atoms with van der Waals surface area (Å²) < 4.78 is 21.2. The number of β-amino-alcohol motifs (C(OH)–C–C–N with tert-alkyl or cyclic N) is 1. The van der Waals surface area contributed by atoms with Crippen molar-refractivity contribution in [2.75, 3.05) is 18.8 Å². The molecule has 1 aliphatic heterocycles. The zero-order valence-electron chi connectivity index (χ0n) is 8.85. The van der Waals surface area contributed by atoms with Crippen LogP contribution in [0.15, 0.2) is 0 Å². The van der Waals surface area contributed by atoms with Crippen molar-refractivity contribution in [2.24, 2.45) is 5.14 Å². The number of hydrogen-bond donors (Lipinski definition) is 4. The van der Waals surface area contributed by atoms with E-state index >= 15 is 0 Å². The maximum atomic E-state index is 11.4. The van der Waals surface area contributed by atoms with Crippen LogP contribution >= 0.6 is 0 Å². The van der Waals surface area contributed by atoms with Crippen molar-refractivity contribution < 1.29 is 18.3 Å². The number of aliphatic hydroxyl groups excluding tert-OH is 1. The summed E-state index contributed by atoms with van der Waals surface area (Å²) in [6.45, 7) is 0.679. The lowest BCUT2D eigenvalue weighted by atomic mass is 10.2. The van der Waals surface area contributed by atoms with Crippen LogP contribution in [-0.2, 0) is 14.8 Å². The second-order valence-corrected chi connectivity index (χ2v) is 5.60. The Morgan fingerprint density at radius 1 is 1.56 bits per heavy atom. The quantitative estimate of drug-likeness (QED) is 0.403. The zero-order valence-corrected chi connectivity index (χ0v) is 9.66. The van der Waals surface area contributed by atoms with Gasteiger partial charge in [-0.25, -0.2) is 13.6 Å². The van der Waals surface area contributed by atoms with E-state index in [1.807, 2.05) is 0 Å². The highest BCUT2D eigenvalue weighted by Gasteiger charge is 2.27. The molecule has 0 saturated carbocycles. The standard InChI is InChI=1S/C8H17N3O4S/c9-16(14,15)3-1-2-10-8(13)7-4-6(12)5-11-7/h6-7,11-12H,1-5H2,(H,10,13)(H2,9,14,15). The maximum Gasteiger partial charge on any atom is 0.237 e. The second kappa shape index (κ2) is 5.58. The third kappa shape index (κ3) is 4.88. The lowest BCUT2D eigenvalue weighted by molar-refractivity contribution is -0.122. The Kier molecular flexibility index (Phi) is 4.66. The molecule has 2 unspecified atom stereocenters. The monoisotopic (exact) mass is 251 g/mol. The van der Waals surface area contributed by atoms with Crippen LogP contribution in [0.5, 0.6) is 0 Å². The van der Waals surface area contributed by atoms with Crippen LogP contribution < -0.4 is 15.8 Å². The molecule has 0 aromatic carbocycles. The van der Waals surface area contributed by atoms with Gasteiger partial charge in [-0.1, -0.05) is 0 Å². The van der Waals surface area contributed by atoms with Gasteiger partial charge < -0.3 is 15.7 Å². The fourth-order valence-electron chi connectivity index (χ4n) is 1.52. The molecule has 7 nitrogen and oxygen atoms in total. The van der Waals surface area contributed by atoms with E-state index in [2.05, 4.69) is 10.6 Å². The van der Waals surface area contributed by atoms with Gasteiger partial charge in [0.05, 0.1) is 17.9 Å². The third-order valence-corrected chi connectivity index (χ3v) is 3.19. The largest absolute Gasteiger partial charge is 0.392 e. The van der Waals surface area contributed by atoms with Gasteiger partial charge in [-0.3, -0.25) is 4.79 Å². The Bertz CT molecular complexity index is 343. The van der Waals surface area contributed by atoms with E-state index in [0.29, 0.717) is 19.4 Å². The van der Waals surface area contributed by atoms with E-state index in [-0.39, 0.29) is 24.2 Å². The van der Waals surface area contributed by atoms with Gasteiger partial charge in [-0.05, 0) is 12.8 Å². The minimum absolute atomic E-state index is 0.145. The summed E-state index contributed by atoms with van der Waals surface area (Å²) >= 11 is 0. The fourth-order valence-corrected chi connectivity index (χ4v) is 2.07. The van der Waals surface area contributed by atoms with Crippen molar-refractivity contribution in [3.05, 3.63) is 0 Å². The number of hydrogen-bond acceptors (Lipinski definition) is 5. The molecular weight excluding hydrogens is 234 g/mol. The predicted molar refractivity (Wildman–Crippen MR) is 58.0 cm³/mol. The van der Waals surface area contributed by atoms with Gasteiger partial charge in [0, 0.05) is 13.1 Å². The number of sulfonamides is 1. The molecule has 2 atom stereocenters. The SMILES string of the molecule is NS(=O)(=O)CCCNC(=O)C1CC(O)CN1. The molecule has 0 aromatic heterocycles. The first-order chi connectivity index (χ1) is 7.38. The van der Waals surface area contributed by atoms with Crippen molar-refractivity contribution in [1.29, 1.82) is 0 Å². The van der Waals surface area contributed by atoms with Crippen LogP contribution in [0.25, 0.3) is 0 Å². The molecular formula is C8H17N3O4S. The van der Waals surface area contributed by atoms with E-state index in [0.717, 1.165) is 0 Å². The number of carbonyl (C=O) groups is 1. The second-order valence-electron chi connectivity index (χ2n) is 3.86. The van der Waals surface area contributed by atoms with Crippen LogP contribution in [0.4, 0.5) is 0 Å². The average molecular weight is 251 g/mol. The number of carbonyl (C=O) groups excluding carboxylic acids is 1. The molecule has 1 saturated heterocycles. The minimum atomic E-state index is -3.46. The average Bonchev–Trinajstić information content (AvgIpc) is 2.57. The van der Waals surface area contributed by atoms with Gasteiger partial charge in [0.25, 0.3) is 0 Å². The van der Waals surface area contributed by atoms with Crippen molar-refractivity contribution in [3.63, 3.8) is 0 Å². The summed E-state index contributed by atoms with van der Waals surface area (Å²) in [5, 5.41) is 19.4. The lowest BCUT2D eigenvalue weighted by Gasteiger charge is -2.10. The molecule has 1 heterocycles. The molecule has 1 aliphatic rings. The van der Waals surface area contributed by atoms with Crippen molar-refractivity contribution in [2.45, 2.75) is 25.0 Å². The molecule has 5 N–H and O–H groups in total. The number of nitrogens with one attached hydrogen (secondary N) is 2. The topological polar surface area (TPSA) is 122 Å². The molecule has 1 rings (SSSR count). The smallest absolute Gasteiger partial charge is 0.237 e. The summed E-state index contributed by atoms with van der Waals surface area (Å²) in [7, 11) is -3.46. The van der Waals surface area contributed by atoms with E-state index in [1.165, 1.54) is 0 Å². The molecule has 94 valence electrons. The molecule has 0 bridgehead atoms. The molecule has 0 radical (unpaired) electrons. The number of nitrogens with two attached hydrogens (primary N) is 1. The number of amides is 1. The Morgan fingerprint density at radius 2 is 2.25 bits per heavy atom. The fraction of sp³-hybridized carbons (Fsp3) is 0.875.